The molecule has 0 spiro atoms. The van der Waals surface area contributed by atoms with Crippen LogP contribution in [0.1, 0.15) is 11.6 Å². The van der Waals surface area contributed by atoms with Crippen LogP contribution < -0.4 is 5.32 Å². The standard InChI is InChI=1S/C12H10N6O2/c19-12(20)11(8-4-2-1-3-5-8)13-9-6-7-10-14-16-17-18(10)15-9/h1-7,11H,(H,13,15)(H,19,20). The maximum Gasteiger partial charge on any atom is 0.330 e. The van der Waals surface area contributed by atoms with Gasteiger partial charge in [-0.2, -0.15) is 0 Å². The minimum absolute atomic E-state index is 0.376. The maximum atomic E-state index is 11.4. The summed E-state index contributed by atoms with van der Waals surface area (Å²) in [5, 5.41) is 27.1. The van der Waals surface area contributed by atoms with Crippen molar-refractivity contribution >= 4 is 17.4 Å². The average Bonchev–Trinajstić information content (AvgIpc) is 2.93. The molecule has 1 unspecified atom stereocenters. The summed E-state index contributed by atoms with van der Waals surface area (Å²) in [5.74, 6) is -0.615. The van der Waals surface area contributed by atoms with E-state index >= 15 is 0 Å². The van der Waals surface area contributed by atoms with E-state index in [1.165, 1.54) is 4.63 Å². The van der Waals surface area contributed by atoms with Crippen LogP contribution in [0.2, 0.25) is 0 Å². The highest BCUT2D eigenvalue weighted by molar-refractivity contribution is 5.78. The molecule has 1 aromatic carbocycles. The zero-order chi connectivity index (χ0) is 13.9. The van der Waals surface area contributed by atoms with Gasteiger partial charge < -0.3 is 10.4 Å². The normalized spacial score (nSPS) is 12.2. The van der Waals surface area contributed by atoms with Crippen LogP contribution in [0.3, 0.4) is 0 Å². The van der Waals surface area contributed by atoms with Crippen molar-refractivity contribution in [3.63, 3.8) is 0 Å². The number of carboxylic acids is 1. The van der Waals surface area contributed by atoms with Crippen LogP contribution in [0.25, 0.3) is 5.65 Å². The Morgan fingerprint density at radius 1 is 1.20 bits per heavy atom. The number of aliphatic carboxylic acids is 1. The highest BCUT2D eigenvalue weighted by Crippen LogP contribution is 2.18. The van der Waals surface area contributed by atoms with Gasteiger partial charge in [0.25, 0.3) is 0 Å². The fraction of sp³-hybridized carbons (Fsp3) is 0.0833. The Labute approximate surface area is 113 Å². The first kappa shape index (κ1) is 12.0. The van der Waals surface area contributed by atoms with Gasteiger partial charge in [-0.05, 0) is 28.1 Å². The lowest BCUT2D eigenvalue weighted by Crippen LogP contribution is -2.21. The minimum atomic E-state index is -0.991. The second kappa shape index (κ2) is 4.92. The van der Waals surface area contributed by atoms with E-state index in [2.05, 4.69) is 25.9 Å². The Balaban J connectivity index is 1.91. The molecule has 0 saturated carbocycles. The predicted molar refractivity (Wildman–Crippen MR) is 69.0 cm³/mol. The number of nitrogens with zero attached hydrogens (tertiary/aromatic N) is 5. The minimum Gasteiger partial charge on any atom is -0.479 e. The Morgan fingerprint density at radius 3 is 2.75 bits per heavy atom. The van der Waals surface area contributed by atoms with Crippen LogP contribution in [0.4, 0.5) is 5.82 Å². The average molecular weight is 270 g/mol. The first-order chi connectivity index (χ1) is 9.74. The molecule has 0 saturated heterocycles. The summed E-state index contributed by atoms with van der Waals surface area (Å²) in [7, 11) is 0. The van der Waals surface area contributed by atoms with E-state index in [0.29, 0.717) is 17.0 Å². The number of benzene rings is 1. The third kappa shape index (κ3) is 2.26. The second-order valence-electron chi connectivity index (χ2n) is 4.07. The molecule has 0 aliphatic carbocycles. The van der Waals surface area contributed by atoms with Crippen molar-refractivity contribution in [2.75, 3.05) is 5.32 Å². The number of hydrogen-bond acceptors (Lipinski definition) is 6. The van der Waals surface area contributed by atoms with Crippen molar-refractivity contribution in [1.29, 1.82) is 0 Å². The van der Waals surface area contributed by atoms with Gasteiger partial charge in [-0.25, -0.2) is 4.79 Å². The summed E-state index contributed by atoms with van der Waals surface area (Å²) >= 11 is 0. The summed E-state index contributed by atoms with van der Waals surface area (Å²) in [6.45, 7) is 0. The van der Waals surface area contributed by atoms with E-state index in [1.807, 2.05) is 6.07 Å². The lowest BCUT2D eigenvalue weighted by atomic mass is 10.1. The van der Waals surface area contributed by atoms with E-state index in [1.54, 1.807) is 36.4 Å². The van der Waals surface area contributed by atoms with Gasteiger partial charge in [0.2, 0.25) is 0 Å². The Hall–Kier alpha value is -3.03. The zero-order valence-electron chi connectivity index (χ0n) is 10.2. The van der Waals surface area contributed by atoms with Gasteiger partial charge in [-0.1, -0.05) is 30.3 Å². The molecule has 0 aliphatic heterocycles. The molecule has 3 rings (SSSR count). The molecule has 3 aromatic rings. The molecule has 0 amide bonds. The van der Waals surface area contributed by atoms with Gasteiger partial charge in [0.05, 0.1) is 0 Å². The van der Waals surface area contributed by atoms with E-state index in [9.17, 15) is 9.90 Å². The molecule has 8 heteroatoms. The van der Waals surface area contributed by atoms with E-state index < -0.39 is 12.0 Å². The van der Waals surface area contributed by atoms with Crippen molar-refractivity contribution in [3.8, 4) is 0 Å². The highest BCUT2D eigenvalue weighted by Gasteiger charge is 2.20. The Morgan fingerprint density at radius 2 is 2.00 bits per heavy atom. The number of tetrazole rings is 1. The zero-order valence-corrected chi connectivity index (χ0v) is 10.2. The van der Waals surface area contributed by atoms with E-state index in [0.717, 1.165) is 0 Å². The summed E-state index contributed by atoms with van der Waals surface area (Å²) in [6, 6.07) is 11.3. The molecule has 20 heavy (non-hydrogen) atoms. The highest BCUT2D eigenvalue weighted by atomic mass is 16.4. The van der Waals surface area contributed by atoms with Gasteiger partial charge in [0, 0.05) is 0 Å². The van der Waals surface area contributed by atoms with Gasteiger partial charge in [0.15, 0.2) is 11.7 Å². The van der Waals surface area contributed by atoms with Gasteiger partial charge in [-0.3, -0.25) is 0 Å². The van der Waals surface area contributed by atoms with Crippen LogP contribution in [-0.2, 0) is 4.79 Å². The number of rotatable bonds is 4. The number of nitrogens with one attached hydrogen (secondary N) is 1. The summed E-state index contributed by atoms with van der Waals surface area (Å²) in [4.78, 5) is 11.4. The molecule has 0 bridgehead atoms. The molecule has 100 valence electrons. The molecular weight excluding hydrogens is 260 g/mol. The van der Waals surface area contributed by atoms with Crippen LogP contribution in [0, 0.1) is 0 Å². The molecule has 0 fully saturated rings. The van der Waals surface area contributed by atoms with Crippen molar-refractivity contribution in [3.05, 3.63) is 48.0 Å². The maximum absolute atomic E-state index is 11.4. The summed E-state index contributed by atoms with van der Waals surface area (Å²) < 4.78 is 1.23. The number of carboxylic acid groups (broad SMARTS) is 1. The SMILES string of the molecule is O=C(O)C(Nc1ccc2nnnn2n1)c1ccccc1. The lowest BCUT2D eigenvalue weighted by molar-refractivity contribution is -0.138. The smallest absolute Gasteiger partial charge is 0.330 e. The van der Waals surface area contributed by atoms with Crippen LogP contribution in [0.5, 0.6) is 0 Å². The first-order valence-electron chi connectivity index (χ1n) is 5.84. The van der Waals surface area contributed by atoms with Crippen molar-refractivity contribution in [2.24, 2.45) is 0 Å². The lowest BCUT2D eigenvalue weighted by Gasteiger charge is -2.14. The third-order valence-electron chi connectivity index (χ3n) is 2.74. The molecule has 8 nitrogen and oxygen atoms in total. The molecule has 1 atom stereocenters. The number of fused-ring (bicyclic) bond motifs is 1. The second-order valence-corrected chi connectivity index (χ2v) is 4.07. The van der Waals surface area contributed by atoms with Crippen LogP contribution >= 0.6 is 0 Å². The van der Waals surface area contributed by atoms with Crippen molar-refractivity contribution in [2.45, 2.75) is 6.04 Å². The van der Waals surface area contributed by atoms with Gasteiger partial charge in [0.1, 0.15) is 5.82 Å². The molecular formula is C12H10N6O2. The largest absolute Gasteiger partial charge is 0.479 e. The fourth-order valence-corrected chi connectivity index (χ4v) is 1.81. The Kier molecular flexibility index (Phi) is 2.96. The number of aromatic nitrogens is 5. The van der Waals surface area contributed by atoms with Gasteiger partial charge >= 0.3 is 5.97 Å². The number of hydrogen-bond donors (Lipinski definition) is 2. The monoisotopic (exact) mass is 270 g/mol. The number of anilines is 1. The van der Waals surface area contributed by atoms with E-state index in [-0.39, 0.29) is 0 Å². The predicted octanol–water partition coefficient (Wildman–Crippen LogP) is 0.757. The molecule has 2 aromatic heterocycles. The molecule has 0 radical (unpaired) electrons. The third-order valence-corrected chi connectivity index (χ3v) is 2.74. The molecule has 0 aliphatic rings. The quantitative estimate of drug-likeness (QED) is 0.720. The fourth-order valence-electron chi connectivity index (χ4n) is 1.81. The molecule has 2 heterocycles. The molecule has 2 N–H and O–H groups in total. The first-order valence-corrected chi connectivity index (χ1v) is 5.84. The van der Waals surface area contributed by atoms with E-state index in [4.69, 9.17) is 0 Å². The van der Waals surface area contributed by atoms with Gasteiger partial charge in [-0.15, -0.1) is 14.8 Å². The number of carbonyl (C=O) groups is 1. The van der Waals surface area contributed by atoms with Crippen molar-refractivity contribution < 1.29 is 9.90 Å². The van der Waals surface area contributed by atoms with Crippen molar-refractivity contribution in [1.82, 2.24) is 25.3 Å². The topological polar surface area (TPSA) is 105 Å². The summed E-state index contributed by atoms with van der Waals surface area (Å²) in [6.07, 6.45) is 0. The van der Waals surface area contributed by atoms with Crippen LogP contribution in [0.15, 0.2) is 42.5 Å². The summed E-state index contributed by atoms with van der Waals surface area (Å²) in [5.41, 5.74) is 1.13. The van der Waals surface area contributed by atoms with Crippen LogP contribution in [-0.4, -0.2) is 36.3 Å². The Bertz CT molecular complexity index is 742.